The smallest absolute Gasteiger partial charge is 0.187 e. The molecule has 28 nitrogen and oxygen atoms in total. The van der Waals surface area contributed by atoms with Crippen LogP contribution in [0.25, 0.3) is 0 Å². The first-order valence-corrected chi connectivity index (χ1v) is 29.7. The van der Waals surface area contributed by atoms with E-state index >= 15 is 0 Å². The molecular formula is C56H98O28. The molecule has 21 aliphatic rings. The molecule has 28 heteroatoms. The fourth-order valence-corrected chi connectivity index (χ4v) is 13.0. The van der Waals surface area contributed by atoms with Gasteiger partial charge in [0, 0.05) is 73.4 Å². The summed E-state index contributed by atoms with van der Waals surface area (Å²) in [4.78, 5) is 0. The van der Waals surface area contributed by atoms with Gasteiger partial charge < -0.3 is 135 Å². The minimum Gasteiger partial charge on any atom is -0.390 e. The van der Waals surface area contributed by atoms with Gasteiger partial charge in [0.2, 0.25) is 0 Å². The molecule has 0 saturated carbocycles. The highest BCUT2D eigenvalue weighted by Gasteiger charge is 2.59. The minimum absolute atomic E-state index is 0.0779. The van der Waals surface area contributed by atoms with Gasteiger partial charge in [-0.1, -0.05) is 48.5 Å². The van der Waals surface area contributed by atoms with Crippen molar-refractivity contribution in [2.45, 2.75) is 258 Å². The predicted molar refractivity (Wildman–Crippen MR) is 284 cm³/mol. The lowest BCUT2D eigenvalue weighted by Crippen LogP contribution is -2.67. The Morgan fingerprint density at radius 1 is 0.250 bits per heavy atom. The van der Waals surface area contributed by atoms with E-state index in [4.69, 9.17) is 99.5 Å². The highest BCUT2D eigenvalue weighted by atomic mass is 16.8. The monoisotopic (exact) mass is 1220 g/mol. The first kappa shape index (κ1) is 68.8. The third-order valence-corrected chi connectivity index (χ3v) is 18.2. The molecule has 35 atom stereocenters. The maximum Gasteiger partial charge on any atom is 0.187 e. The van der Waals surface area contributed by atoms with Crippen LogP contribution in [0.3, 0.4) is 0 Å². The van der Waals surface area contributed by atoms with Crippen LogP contribution < -0.4 is 0 Å². The summed E-state index contributed by atoms with van der Waals surface area (Å²) in [5, 5.41) is 85.3. The van der Waals surface area contributed by atoms with E-state index in [1.54, 1.807) is 27.7 Å². The molecule has 0 spiro atoms. The highest BCUT2D eigenvalue weighted by Crippen LogP contribution is 2.43. The highest BCUT2D eigenvalue weighted by molar-refractivity contribution is 5.01. The van der Waals surface area contributed by atoms with Crippen LogP contribution in [0.5, 0.6) is 0 Å². The van der Waals surface area contributed by atoms with Crippen molar-refractivity contribution in [3.05, 3.63) is 0 Å². The van der Waals surface area contributed by atoms with E-state index in [1.807, 2.05) is 20.8 Å². The van der Waals surface area contributed by atoms with E-state index in [9.17, 15) is 35.7 Å². The zero-order chi connectivity index (χ0) is 61.0. The van der Waals surface area contributed by atoms with E-state index in [0.717, 1.165) is 0 Å². The summed E-state index contributed by atoms with van der Waals surface area (Å²) >= 11 is 0. The van der Waals surface area contributed by atoms with Crippen molar-refractivity contribution < 1.29 is 135 Å². The van der Waals surface area contributed by atoms with E-state index in [-0.39, 0.29) is 39.3 Å². The van der Waals surface area contributed by atoms with Gasteiger partial charge in [-0.25, -0.2) is 0 Å². The Kier molecular flexibility index (Phi) is 25.2. The average molecular weight is 1220 g/mol. The largest absolute Gasteiger partial charge is 0.390 e. The number of methoxy groups -OCH3 is 7. The quantitative estimate of drug-likeness (QED) is 0.106. The van der Waals surface area contributed by atoms with Gasteiger partial charge in [-0.3, -0.25) is 0 Å². The van der Waals surface area contributed by atoms with Gasteiger partial charge in [-0.2, -0.15) is 0 Å². The number of hydrogen-bond acceptors (Lipinski definition) is 28. The Bertz CT molecular complexity index is 1950. The summed E-state index contributed by atoms with van der Waals surface area (Å²) in [6, 6.07) is 0. The van der Waals surface area contributed by atoms with Crippen LogP contribution in [0.15, 0.2) is 0 Å². The van der Waals surface area contributed by atoms with Crippen LogP contribution in [0.1, 0.15) is 67.7 Å². The van der Waals surface area contributed by atoms with Crippen molar-refractivity contribution in [3.8, 4) is 0 Å². The second-order valence-corrected chi connectivity index (χ2v) is 23.5. The van der Waals surface area contributed by atoms with Crippen LogP contribution in [0.2, 0.25) is 0 Å². The molecule has 0 aliphatic carbocycles. The molecule has 490 valence electrons. The summed E-state index contributed by atoms with van der Waals surface area (Å²) < 4.78 is 132. The van der Waals surface area contributed by atoms with Gasteiger partial charge in [0.1, 0.15) is 104 Å². The summed E-state index contributed by atoms with van der Waals surface area (Å²) in [5.74, 6) is -3.25. The summed E-state index contributed by atoms with van der Waals surface area (Å²) in [7, 11) is 9.95. The van der Waals surface area contributed by atoms with Crippen molar-refractivity contribution in [1.82, 2.24) is 0 Å². The normalized spacial score (nSPS) is 51.8. The van der Waals surface area contributed by atoms with Crippen LogP contribution in [-0.4, -0.2) is 302 Å². The van der Waals surface area contributed by atoms with Crippen LogP contribution in [-0.2, 0) is 99.5 Å². The van der Waals surface area contributed by atoms with Gasteiger partial charge in [0.25, 0.3) is 0 Å². The molecule has 21 fully saturated rings. The number of hydrogen-bond donors (Lipinski definition) is 7. The van der Waals surface area contributed by atoms with Crippen molar-refractivity contribution >= 4 is 0 Å². The van der Waals surface area contributed by atoms with Crippen molar-refractivity contribution in [1.29, 1.82) is 0 Å². The first-order valence-electron chi connectivity index (χ1n) is 29.7. The maximum absolute atomic E-state index is 12.2. The number of rotatable bonds is 14. The van der Waals surface area contributed by atoms with Crippen LogP contribution in [0, 0.1) is 23.7 Å². The summed E-state index contributed by atoms with van der Waals surface area (Å²) in [5.41, 5.74) is 0. The first-order chi connectivity index (χ1) is 40.3. The van der Waals surface area contributed by atoms with E-state index in [0.29, 0.717) is 6.42 Å². The average Bonchev–Trinajstić information content (AvgIpc) is 1.34. The summed E-state index contributed by atoms with van der Waals surface area (Å²) in [6.07, 6.45) is -35.2. The van der Waals surface area contributed by atoms with Gasteiger partial charge in [0.15, 0.2) is 44.0 Å². The molecule has 21 heterocycles. The Labute approximate surface area is 492 Å². The topological polar surface area (TPSA) is 335 Å². The Hall–Kier alpha value is -1.12. The molecule has 0 aromatic heterocycles. The fourth-order valence-electron chi connectivity index (χ4n) is 13.0. The molecule has 0 amide bonds. The molecule has 0 radical (unpaired) electrons. The lowest BCUT2D eigenvalue weighted by Gasteiger charge is -2.51. The van der Waals surface area contributed by atoms with E-state index in [1.165, 1.54) is 49.8 Å². The molecule has 14 unspecified atom stereocenters. The second-order valence-electron chi connectivity index (χ2n) is 23.5. The van der Waals surface area contributed by atoms with E-state index in [2.05, 4.69) is 0 Å². The molecule has 21 rings (SSSR count). The lowest BCUT2D eigenvalue weighted by molar-refractivity contribution is -0.394. The SMILES string of the molecule is CCC1O[C@@H]2O[C@@H]3C(CC)O[C@H](O[C@@H]4C(CC)O[C@H](O[C@@H]5C(COC)O[C@H](O[C@@H]6C(COC)O[C@H](O[C@@H]7C(COC)O[C@H](O[C@@H]8C(COC)O[C@H](O[C@H]1[C@H](O)C2OC)C(C)[C@H]8O)C(C)[C@H]7O)C(C)[C@H]6O)C(C)[C@H]5O)C(OC)[C@H]4O)C(OC)[C@H]3O. The summed E-state index contributed by atoms with van der Waals surface area (Å²) in [6.45, 7) is 11.9. The van der Waals surface area contributed by atoms with E-state index < -0.39 is 214 Å². The van der Waals surface area contributed by atoms with Crippen molar-refractivity contribution in [2.24, 2.45) is 23.7 Å². The number of aliphatic hydroxyl groups excluding tert-OH is 7. The molecule has 0 aromatic rings. The molecule has 21 aliphatic heterocycles. The molecule has 14 bridgehead atoms. The van der Waals surface area contributed by atoms with Gasteiger partial charge in [-0.05, 0) is 19.3 Å². The molecule has 21 saturated heterocycles. The lowest BCUT2D eigenvalue weighted by atomic mass is 9.89. The minimum atomic E-state index is -1.44. The third-order valence-electron chi connectivity index (χ3n) is 18.2. The number of aliphatic hydroxyl groups is 7. The standard InChI is InChI=1S/C56H98O28/c1-15-26-40-37(61)47(68-12)54(71-26)82-41-27(16-2)72-55(48(69-13)38(41)62)83-42-28(17-3)73-56(49(70-14)39(42)63)84-46-32(21-67-11)77-53(25(7)36(46)60)81-45-31(20-66-10)76-52(24(6)35(45)59)80-44-30(19-65-9)75-51(23(5)34(44)58)79-43-29(18-64-8)74-50(78-40)22(4)33(43)57/h22-63H,15-21H2,1-14H3/t22?,23?,24?,25?,26?,27?,28?,29?,30?,31?,32?,33-,34-,35-,36-,37+,38+,39+,40-,41-,42-,43-,44-,45-,46-,47?,48?,49?,50-,51-,52-,53-,54-,55-,56-/m1/s1. The molecule has 7 N–H and O–H groups in total. The Balaban J connectivity index is 1.12. The van der Waals surface area contributed by atoms with Crippen LogP contribution >= 0.6 is 0 Å². The second kappa shape index (κ2) is 30.8. The number of ether oxygens (including phenoxy) is 21. The molecular weight excluding hydrogens is 1120 g/mol. The zero-order valence-electron chi connectivity index (χ0n) is 50.9. The maximum atomic E-state index is 12.2. The van der Waals surface area contributed by atoms with Crippen LogP contribution in [0.4, 0.5) is 0 Å². The van der Waals surface area contributed by atoms with Crippen molar-refractivity contribution in [2.75, 3.05) is 76.2 Å². The predicted octanol–water partition coefficient (Wildman–Crippen LogP) is -1.30. The fraction of sp³-hybridized carbons (Fsp3) is 1.00. The van der Waals surface area contributed by atoms with Gasteiger partial charge >= 0.3 is 0 Å². The molecule has 0 aromatic carbocycles. The zero-order valence-corrected chi connectivity index (χ0v) is 50.9. The third kappa shape index (κ3) is 14.2. The van der Waals surface area contributed by atoms with Crippen molar-refractivity contribution in [3.63, 3.8) is 0 Å². The Morgan fingerprint density at radius 3 is 0.607 bits per heavy atom. The van der Waals surface area contributed by atoms with Gasteiger partial charge in [0.05, 0.1) is 69.2 Å². The van der Waals surface area contributed by atoms with Gasteiger partial charge in [-0.15, -0.1) is 0 Å². The Morgan fingerprint density at radius 2 is 0.429 bits per heavy atom. The molecule has 84 heavy (non-hydrogen) atoms.